The number of carbonyl (C=O) groups excluding carboxylic acids is 1. The fraction of sp³-hybridized carbons (Fsp3) is 0.333. The standard InChI is InChI=1S/C21H21Cl3N4O.HI/c1-28(10-2-3-11-28)26-21(29)18-13-20(14-4-6-15(22)7-5-14)27(25-18)19-9-8-16(23)12-17(19)24;/h4-9,12,20H,2-3,10-11,13H2,1H3;1H. The lowest BCUT2D eigenvalue weighted by Crippen LogP contribution is -3.00. The van der Waals surface area contributed by atoms with E-state index in [-0.39, 0.29) is 35.9 Å². The van der Waals surface area contributed by atoms with Gasteiger partial charge >= 0.3 is 5.91 Å². The van der Waals surface area contributed by atoms with Gasteiger partial charge in [0.25, 0.3) is 0 Å². The summed E-state index contributed by atoms with van der Waals surface area (Å²) in [6.45, 7) is 1.87. The van der Waals surface area contributed by atoms with Crippen LogP contribution in [0.4, 0.5) is 5.69 Å². The number of likely N-dealkylation sites (tertiary alicyclic amines) is 1. The number of amides is 1. The van der Waals surface area contributed by atoms with E-state index >= 15 is 0 Å². The molecule has 5 nitrogen and oxygen atoms in total. The highest BCUT2D eigenvalue weighted by molar-refractivity contribution is 6.40. The van der Waals surface area contributed by atoms with E-state index in [0.29, 0.717) is 37.5 Å². The zero-order valence-corrected chi connectivity index (χ0v) is 20.8. The van der Waals surface area contributed by atoms with Crippen molar-refractivity contribution in [3.63, 3.8) is 0 Å². The molecule has 1 fully saturated rings. The van der Waals surface area contributed by atoms with Crippen LogP contribution >= 0.6 is 34.8 Å². The van der Waals surface area contributed by atoms with Gasteiger partial charge in [-0.25, -0.2) is 4.59 Å². The van der Waals surface area contributed by atoms with Gasteiger partial charge in [-0.3, -0.25) is 9.80 Å². The summed E-state index contributed by atoms with van der Waals surface area (Å²) in [7, 11) is 2.05. The molecule has 0 aromatic heterocycles. The lowest BCUT2D eigenvalue weighted by Gasteiger charge is -2.28. The summed E-state index contributed by atoms with van der Waals surface area (Å²) >= 11 is 18.6. The summed E-state index contributed by atoms with van der Waals surface area (Å²) in [5, 5.41) is 8.17. The number of hydrogen-bond acceptors (Lipinski definition) is 3. The third kappa shape index (κ3) is 5.05. The molecule has 9 heteroatoms. The Morgan fingerprint density at radius 2 is 1.70 bits per heavy atom. The second-order valence-corrected chi connectivity index (χ2v) is 9.03. The van der Waals surface area contributed by atoms with Gasteiger partial charge < -0.3 is 24.0 Å². The summed E-state index contributed by atoms with van der Waals surface area (Å²) in [6.07, 6.45) is 2.71. The number of rotatable bonds is 4. The van der Waals surface area contributed by atoms with E-state index in [4.69, 9.17) is 34.8 Å². The van der Waals surface area contributed by atoms with Crippen molar-refractivity contribution in [2.75, 3.05) is 25.1 Å². The summed E-state index contributed by atoms with van der Waals surface area (Å²) < 4.78 is 0.547. The number of nitrogens with one attached hydrogen (secondary N) is 1. The minimum Gasteiger partial charge on any atom is -1.00 e. The molecular formula is C21H22Cl3IN4O. The second kappa shape index (κ2) is 9.61. The molecule has 0 bridgehead atoms. The quantitative estimate of drug-likeness (QED) is 0.446. The van der Waals surface area contributed by atoms with Crippen LogP contribution < -0.4 is 34.4 Å². The predicted octanol–water partition coefficient (Wildman–Crippen LogP) is 2.23. The number of hydrazone groups is 1. The Bertz CT molecular complexity index is 961. The molecular weight excluding hydrogens is 558 g/mol. The molecule has 0 spiro atoms. The van der Waals surface area contributed by atoms with Gasteiger partial charge in [0.15, 0.2) is 0 Å². The minimum atomic E-state index is -0.157. The fourth-order valence-corrected chi connectivity index (χ4v) is 4.56. The van der Waals surface area contributed by atoms with Crippen LogP contribution in [0.5, 0.6) is 0 Å². The van der Waals surface area contributed by atoms with E-state index in [2.05, 4.69) is 10.5 Å². The van der Waals surface area contributed by atoms with Gasteiger partial charge in [-0.15, -0.1) is 0 Å². The number of halogens is 4. The fourth-order valence-electron chi connectivity index (χ4n) is 3.94. The van der Waals surface area contributed by atoms with E-state index in [0.717, 1.165) is 31.5 Å². The highest BCUT2D eigenvalue weighted by atomic mass is 127. The Morgan fingerprint density at radius 3 is 2.33 bits per heavy atom. The van der Waals surface area contributed by atoms with Crippen LogP contribution in [-0.2, 0) is 4.79 Å². The van der Waals surface area contributed by atoms with Crippen LogP contribution in [0.25, 0.3) is 0 Å². The molecule has 0 aliphatic carbocycles. The maximum absolute atomic E-state index is 13.0. The van der Waals surface area contributed by atoms with Crippen LogP contribution in [0, 0.1) is 0 Å². The van der Waals surface area contributed by atoms with Crippen LogP contribution in [0.3, 0.4) is 0 Å². The number of nitrogens with zero attached hydrogens (tertiary/aromatic N) is 3. The molecule has 0 radical (unpaired) electrons. The van der Waals surface area contributed by atoms with Crippen molar-refractivity contribution in [3.8, 4) is 0 Å². The van der Waals surface area contributed by atoms with Crippen molar-refractivity contribution in [3.05, 3.63) is 63.1 Å². The molecule has 2 aliphatic heterocycles. The normalized spacial score (nSPS) is 19.9. The summed E-state index contributed by atoms with van der Waals surface area (Å²) in [5.41, 5.74) is 5.34. The first-order valence-electron chi connectivity index (χ1n) is 9.59. The third-order valence-electron chi connectivity index (χ3n) is 5.51. The van der Waals surface area contributed by atoms with Crippen molar-refractivity contribution < 1.29 is 33.4 Å². The molecule has 1 amide bonds. The Morgan fingerprint density at radius 1 is 1.07 bits per heavy atom. The molecule has 30 heavy (non-hydrogen) atoms. The van der Waals surface area contributed by atoms with Crippen molar-refractivity contribution >= 4 is 52.1 Å². The number of quaternary nitrogens is 1. The number of carbonyl (C=O) groups is 1. The topological polar surface area (TPSA) is 44.7 Å². The molecule has 1 N–H and O–H groups in total. The largest absolute Gasteiger partial charge is 1.00 e. The molecule has 2 aromatic rings. The van der Waals surface area contributed by atoms with Gasteiger partial charge in [-0.2, -0.15) is 10.5 Å². The number of hydrogen-bond donors (Lipinski definition) is 1. The van der Waals surface area contributed by atoms with Gasteiger partial charge in [0.2, 0.25) is 0 Å². The summed E-state index contributed by atoms with van der Waals surface area (Å²) in [6, 6.07) is 12.7. The molecule has 2 aromatic carbocycles. The Labute approximate surface area is 208 Å². The molecule has 1 saturated heterocycles. The smallest absolute Gasteiger partial charge is 0.312 e. The molecule has 2 heterocycles. The first-order valence-corrected chi connectivity index (χ1v) is 10.7. The Hall–Kier alpha value is -1.06. The average Bonchev–Trinajstić information content (AvgIpc) is 3.29. The maximum atomic E-state index is 13.0. The zero-order valence-electron chi connectivity index (χ0n) is 16.4. The highest BCUT2D eigenvalue weighted by Crippen LogP contribution is 2.40. The van der Waals surface area contributed by atoms with Crippen molar-refractivity contribution in [1.82, 2.24) is 5.43 Å². The Balaban J connectivity index is 0.00000256. The number of benzene rings is 2. The van der Waals surface area contributed by atoms with Crippen LogP contribution in [0.1, 0.15) is 30.9 Å². The molecule has 160 valence electrons. The first kappa shape index (κ1) is 23.6. The Kier molecular flexibility index (Phi) is 7.56. The van der Waals surface area contributed by atoms with Gasteiger partial charge in [0, 0.05) is 29.3 Å². The van der Waals surface area contributed by atoms with Gasteiger partial charge in [0.05, 0.1) is 23.8 Å². The maximum Gasteiger partial charge on any atom is 0.312 e. The summed E-state index contributed by atoms with van der Waals surface area (Å²) in [4.78, 5) is 13.0. The number of anilines is 1. The van der Waals surface area contributed by atoms with E-state index in [9.17, 15) is 4.79 Å². The predicted molar refractivity (Wildman–Crippen MR) is 118 cm³/mol. The second-order valence-electron chi connectivity index (χ2n) is 7.75. The van der Waals surface area contributed by atoms with E-state index in [1.807, 2.05) is 37.4 Å². The van der Waals surface area contributed by atoms with Gasteiger partial charge in [-0.1, -0.05) is 46.9 Å². The molecule has 4 rings (SSSR count). The monoisotopic (exact) mass is 578 g/mol. The molecule has 1 unspecified atom stereocenters. The first-order chi connectivity index (χ1) is 13.8. The molecule has 2 aliphatic rings. The third-order valence-corrected chi connectivity index (χ3v) is 6.30. The van der Waals surface area contributed by atoms with Crippen LogP contribution in [0.15, 0.2) is 47.6 Å². The van der Waals surface area contributed by atoms with Crippen molar-refractivity contribution in [2.45, 2.75) is 25.3 Å². The van der Waals surface area contributed by atoms with Gasteiger partial charge in [0.1, 0.15) is 18.8 Å². The summed E-state index contributed by atoms with van der Waals surface area (Å²) in [5.74, 6) is -0.138. The van der Waals surface area contributed by atoms with Gasteiger partial charge in [-0.05, 0) is 35.9 Å². The highest BCUT2D eigenvalue weighted by Gasteiger charge is 2.37. The zero-order chi connectivity index (χ0) is 20.6. The van der Waals surface area contributed by atoms with Crippen LogP contribution in [-0.4, -0.2) is 36.3 Å². The lowest BCUT2D eigenvalue weighted by atomic mass is 10.0. The van der Waals surface area contributed by atoms with E-state index in [1.54, 1.807) is 17.1 Å². The molecule has 0 saturated carbocycles. The minimum absolute atomic E-state index is 0. The average molecular weight is 580 g/mol. The lowest BCUT2D eigenvalue weighted by molar-refractivity contribution is -0.931. The van der Waals surface area contributed by atoms with E-state index < -0.39 is 0 Å². The van der Waals surface area contributed by atoms with Crippen LogP contribution in [0.2, 0.25) is 15.1 Å². The molecule has 1 atom stereocenters. The van der Waals surface area contributed by atoms with Crippen molar-refractivity contribution in [2.24, 2.45) is 5.10 Å². The van der Waals surface area contributed by atoms with E-state index in [1.165, 1.54) is 0 Å². The van der Waals surface area contributed by atoms with Crippen molar-refractivity contribution in [1.29, 1.82) is 0 Å². The SMILES string of the molecule is C[N+]1(NC(=O)C2=NN(c3ccc(Cl)cc3Cl)C(c3ccc(Cl)cc3)C2)CCCC1.[I-].